The molecule has 0 spiro atoms. The van der Waals surface area contributed by atoms with Gasteiger partial charge in [0.15, 0.2) is 0 Å². The highest BCUT2D eigenvalue weighted by Crippen LogP contribution is 2.04. The Morgan fingerprint density at radius 1 is 1.41 bits per heavy atom. The maximum Gasteiger partial charge on any atom is 0.326 e. The molecule has 1 aromatic heterocycles. The zero-order valence-corrected chi connectivity index (χ0v) is 8.41. The number of nitrogens with one attached hydrogen (secondary N) is 1. The van der Waals surface area contributed by atoms with Crippen molar-refractivity contribution in [3.05, 3.63) is 5.69 Å². The van der Waals surface area contributed by atoms with Crippen molar-refractivity contribution < 1.29 is 24.1 Å². The SMILES string of the molecule is NC(=O)C[C@@H](NC(=O)c1nonc1N)C(=O)O. The number of aromatic nitrogens is 2. The van der Waals surface area contributed by atoms with Gasteiger partial charge in [-0.25, -0.2) is 9.42 Å². The molecule has 0 bridgehead atoms. The van der Waals surface area contributed by atoms with Crippen LogP contribution >= 0.6 is 0 Å². The summed E-state index contributed by atoms with van der Waals surface area (Å²) in [4.78, 5) is 32.8. The molecule has 0 fully saturated rings. The molecule has 6 N–H and O–H groups in total. The van der Waals surface area contributed by atoms with Crippen LogP contribution in [0.4, 0.5) is 5.82 Å². The van der Waals surface area contributed by atoms with Gasteiger partial charge in [0.25, 0.3) is 5.91 Å². The molecule has 92 valence electrons. The van der Waals surface area contributed by atoms with Crippen LogP contribution in [0, 0.1) is 0 Å². The van der Waals surface area contributed by atoms with Gasteiger partial charge in [-0.3, -0.25) is 9.59 Å². The Labute approximate surface area is 93.9 Å². The van der Waals surface area contributed by atoms with E-state index in [9.17, 15) is 14.4 Å². The summed E-state index contributed by atoms with van der Waals surface area (Å²) in [5.74, 6) is -3.49. The average Bonchev–Trinajstić information content (AvgIpc) is 2.62. The van der Waals surface area contributed by atoms with E-state index in [1.165, 1.54) is 0 Å². The van der Waals surface area contributed by atoms with E-state index >= 15 is 0 Å². The molecule has 2 amide bonds. The number of nitrogens with zero attached hydrogens (tertiary/aromatic N) is 2. The minimum Gasteiger partial charge on any atom is -0.480 e. The third-order valence-corrected chi connectivity index (χ3v) is 1.74. The zero-order valence-electron chi connectivity index (χ0n) is 8.41. The first-order valence-corrected chi connectivity index (χ1v) is 4.31. The summed E-state index contributed by atoms with van der Waals surface area (Å²) in [6, 6.07) is -1.46. The van der Waals surface area contributed by atoms with Crippen molar-refractivity contribution >= 4 is 23.6 Å². The predicted octanol–water partition coefficient (Wildman–Crippen LogP) is -2.29. The molecule has 0 radical (unpaired) electrons. The van der Waals surface area contributed by atoms with Gasteiger partial charge in [0, 0.05) is 0 Å². The fourth-order valence-electron chi connectivity index (χ4n) is 0.981. The highest BCUT2D eigenvalue weighted by molar-refractivity contribution is 5.98. The number of nitrogen functional groups attached to an aromatic ring is 1. The Balaban J connectivity index is 2.74. The van der Waals surface area contributed by atoms with Gasteiger partial charge in [0.05, 0.1) is 6.42 Å². The average molecular weight is 243 g/mol. The normalized spacial score (nSPS) is 11.8. The van der Waals surface area contributed by atoms with Gasteiger partial charge in [-0.15, -0.1) is 0 Å². The van der Waals surface area contributed by atoms with E-state index in [0.29, 0.717) is 0 Å². The van der Waals surface area contributed by atoms with Crippen LogP contribution in [0.25, 0.3) is 0 Å². The summed E-state index contributed by atoms with van der Waals surface area (Å²) >= 11 is 0. The van der Waals surface area contributed by atoms with Crippen molar-refractivity contribution in [2.75, 3.05) is 5.73 Å². The van der Waals surface area contributed by atoms with E-state index in [4.69, 9.17) is 16.6 Å². The molecule has 1 atom stereocenters. The molecule has 0 aliphatic carbocycles. The van der Waals surface area contributed by atoms with Crippen molar-refractivity contribution in [1.29, 1.82) is 0 Å². The minimum atomic E-state index is -1.46. The summed E-state index contributed by atoms with van der Waals surface area (Å²) in [6.07, 6.45) is -0.549. The third kappa shape index (κ3) is 3.15. The van der Waals surface area contributed by atoms with E-state index in [-0.39, 0.29) is 11.5 Å². The van der Waals surface area contributed by atoms with Gasteiger partial charge in [-0.1, -0.05) is 0 Å². The van der Waals surface area contributed by atoms with Crippen LogP contribution in [0.3, 0.4) is 0 Å². The number of carboxylic acid groups (broad SMARTS) is 1. The zero-order chi connectivity index (χ0) is 13.0. The molecule has 0 aliphatic rings. The summed E-state index contributed by atoms with van der Waals surface area (Å²) in [5, 5.41) is 17.1. The van der Waals surface area contributed by atoms with Crippen LogP contribution in [-0.4, -0.2) is 39.2 Å². The second-order valence-corrected chi connectivity index (χ2v) is 3.03. The van der Waals surface area contributed by atoms with Crippen LogP contribution < -0.4 is 16.8 Å². The van der Waals surface area contributed by atoms with Crippen LogP contribution in [0.15, 0.2) is 4.63 Å². The molecule has 10 heteroatoms. The van der Waals surface area contributed by atoms with Gasteiger partial charge in [-0.05, 0) is 10.3 Å². The molecule has 10 nitrogen and oxygen atoms in total. The lowest BCUT2D eigenvalue weighted by molar-refractivity contribution is -0.140. The number of primary amides is 1. The fourth-order valence-corrected chi connectivity index (χ4v) is 0.981. The fraction of sp³-hybridized carbons (Fsp3) is 0.286. The first-order chi connectivity index (χ1) is 7.91. The summed E-state index contributed by atoms with van der Waals surface area (Å²) in [7, 11) is 0. The molecule has 0 aliphatic heterocycles. The maximum atomic E-state index is 11.5. The maximum absolute atomic E-state index is 11.5. The second kappa shape index (κ2) is 4.92. The Morgan fingerprint density at radius 2 is 2.06 bits per heavy atom. The number of hydrogen-bond acceptors (Lipinski definition) is 7. The molecule has 1 heterocycles. The minimum absolute atomic E-state index is 0.286. The monoisotopic (exact) mass is 243 g/mol. The molecule has 0 aromatic carbocycles. The summed E-state index contributed by atoms with van der Waals surface area (Å²) in [6.45, 7) is 0. The highest BCUT2D eigenvalue weighted by Gasteiger charge is 2.25. The quantitative estimate of drug-likeness (QED) is 0.446. The molecule has 0 saturated heterocycles. The van der Waals surface area contributed by atoms with E-state index in [0.717, 1.165) is 0 Å². The van der Waals surface area contributed by atoms with Gasteiger partial charge < -0.3 is 21.9 Å². The van der Waals surface area contributed by atoms with Crippen LogP contribution in [0.1, 0.15) is 16.9 Å². The Kier molecular flexibility index (Phi) is 3.59. The number of anilines is 1. The lowest BCUT2D eigenvalue weighted by Gasteiger charge is -2.11. The molecule has 0 unspecified atom stereocenters. The number of nitrogens with two attached hydrogens (primary N) is 2. The van der Waals surface area contributed by atoms with Crippen LogP contribution in [0.5, 0.6) is 0 Å². The second-order valence-electron chi connectivity index (χ2n) is 3.03. The first-order valence-electron chi connectivity index (χ1n) is 4.31. The number of amides is 2. The third-order valence-electron chi connectivity index (χ3n) is 1.74. The number of aliphatic carboxylic acids is 1. The van der Waals surface area contributed by atoms with Crippen LogP contribution in [0.2, 0.25) is 0 Å². The Bertz CT molecular complexity index is 455. The molecular formula is C7H9N5O5. The Morgan fingerprint density at radius 3 is 2.47 bits per heavy atom. The first kappa shape index (κ1) is 12.4. The summed E-state index contributed by atoms with van der Waals surface area (Å²) < 4.78 is 4.16. The number of rotatable bonds is 5. The number of hydrogen-bond donors (Lipinski definition) is 4. The van der Waals surface area contributed by atoms with Crippen LogP contribution in [-0.2, 0) is 9.59 Å². The Hall–Kier alpha value is -2.65. The highest BCUT2D eigenvalue weighted by atomic mass is 16.6. The van der Waals surface area contributed by atoms with Crippen molar-refractivity contribution in [2.24, 2.45) is 5.73 Å². The van der Waals surface area contributed by atoms with Crippen molar-refractivity contribution in [3.8, 4) is 0 Å². The van der Waals surface area contributed by atoms with Crippen molar-refractivity contribution in [2.45, 2.75) is 12.5 Å². The van der Waals surface area contributed by atoms with E-state index in [2.05, 4.69) is 14.9 Å². The molecule has 1 rings (SSSR count). The molecule has 0 saturated carbocycles. The van der Waals surface area contributed by atoms with Gasteiger partial charge in [0.2, 0.25) is 17.4 Å². The van der Waals surface area contributed by atoms with Gasteiger partial charge in [-0.2, -0.15) is 0 Å². The number of carboxylic acids is 1. The number of carbonyl (C=O) groups is 3. The van der Waals surface area contributed by atoms with Gasteiger partial charge >= 0.3 is 5.97 Å². The van der Waals surface area contributed by atoms with Crippen molar-refractivity contribution in [1.82, 2.24) is 15.6 Å². The molecule has 1 aromatic rings. The molecule has 17 heavy (non-hydrogen) atoms. The van der Waals surface area contributed by atoms with Gasteiger partial charge in [0.1, 0.15) is 6.04 Å². The lowest BCUT2D eigenvalue weighted by atomic mass is 10.2. The van der Waals surface area contributed by atoms with E-state index in [1.54, 1.807) is 0 Å². The van der Waals surface area contributed by atoms with E-state index < -0.39 is 30.2 Å². The molecular weight excluding hydrogens is 234 g/mol. The number of carbonyl (C=O) groups excluding carboxylic acids is 2. The van der Waals surface area contributed by atoms with E-state index in [1.807, 2.05) is 5.32 Å². The smallest absolute Gasteiger partial charge is 0.326 e. The standard InChI is InChI=1S/C7H9N5O5/c8-3(13)1-2(7(15)16)10-6(14)4-5(9)12-17-11-4/h2H,1H2,(H2,8,13)(H2,9,12)(H,10,14)(H,15,16)/t2-/m1/s1. The topological polar surface area (TPSA) is 174 Å². The lowest BCUT2D eigenvalue weighted by Crippen LogP contribution is -2.43. The largest absolute Gasteiger partial charge is 0.480 e. The summed E-state index contributed by atoms with van der Waals surface area (Å²) in [5.41, 5.74) is 9.70. The van der Waals surface area contributed by atoms with Crippen molar-refractivity contribution in [3.63, 3.8) is 0 Å². The predicted molar refractivity (Wildman–Crippen MR) is 51.4 cm³/mol.